The molecule has 1 aromatic heterocycles. The molecule has 2 fully saturated rings. The number of piperidine rings is 2. The van der Waals surface area contributed by atoms with E-state index in [2.05, 4.69) is 20.2 Å². The van der Waals surface area contributed by atoms with Gasteiger partial charge in [-0.3, -0.25) is 9.59 Å². The van der Waals surface area contributed by atoms with Gasteiger partial charge in [-0.2, -0.15) is 0 Å². The van der Waals surface area contributed by atoms with Crippen LogP contribution < -0.4 is 10.2 Å². The number of hydrogen-bond donors (Lipinski definition) is 1. The maximum Gasteiger partial charge on any atom is 0.272 e. The van der Waals surface area contributed by atoms with Crippen LogP contribution in [-0.4, -0.2) is 58.9 Å². The van der Waals surface area contributed by atoms with Gasteiger partial charge < -0.3 is 15.1 Å². The number of likely N-dealkylation sites (tertiary alicyclic amines) is 1. The number of nitrogens with zero attached hydrogens (tertiary/aromatic N) is 4. The molecule has 7 nitrogen and oxygen atoms in total. The highest BCUT2D eigenvalue weighted by Crippen LogP contribution is 2.23. The van der Waals surface area contributed by atoms with Crippen molar-refractivity contribution in [2.24, 2.45) is 0 Å². The van der Waals surface area contributed by atoms with Crippen molar-refractivity contribution < 1.29 is 9.59 Å². The van der Waals surface area contributed by atoms with Crippen LogP contribution in [0.1, 0.15) is 71.5 Å². The SMILES string of the molecule is Cc1cc(C(=O)N2CCCC[C@H]2CCNC(=O)c2ccccc2)nc(N2CCCCC2)n1. The lowest BCUT2D eigenvalue weighted by Crippen LogP contribution is -2.45. The standard InChI is InChI=1S/C25H33N5O2/c1-19-18-22(28-25(27-19)29-15-7-3-8-16-29)24(32)30-17-9-6-12-21(30)13-14-26-23(31)20-10-4-2-5-11-20/h2,4-5,10-11,18,21H,3,6-9,12-17H2,1H3,(H,26,31)/t21-/m0/s1. The molecule has 0 bridgehead atoms. The lowest BCUT2D eigenvalue weighted by Gasteiger charge is -2.36. The number of amides is 2. The summed E-state index contributed by atoms with van der Waals surface area (Å²) in [5.74, 6) is 0.585. The maximum atomic E-state index is 13.4. The molecule has 4 rings (SSSR count). The summed E-state index contributed by atoms with van der Waals surface area (Å²) in [6, 6.07) is 11.1. The number of rotatable bonds is 6. The molecule has 0 saturated carbocycles. The zero-order valence-electron chi connectivity index (χ0n) is 18.9. The van der Waals surface area contributed by atoms with E-state index in [9.17, 15) is 9.59 Å². The molecular formula is C25H33N5O2. The van der Waals surface area contributed by atoms with E-state index in [-0.39, 0.29) is 17.9 Å². The van der Waals surface area contributed by atoms with Crippen molar-refractivity contribution >= 4 is 17.8 Å². The highest BCUT2D eigenvalue weighted by molar-refractivity contribution is 5.94. The minimum absolute atomic E-state index is 0.0205. The summed E-state index contributed by atoms with van der Waals surface area (Å²) in [6.07, 6.45) is 7.32. The third-order valence-electron chi connectivity index (χ3n) is 6.39. The van der Waals surface area contributed by atoms with Crippen LogP contribution in [-0.2, 0) is 0 Å². The number of nitrogens with one attached hydrogen (secondary N) is 1. The van der Waals surface area contributed by atoms with Crippen molar-refractivity contribution in [2.45, 2.75) is 57.9 Å². The molecule has 1 aromatic carbocycles. The van der Waals surface area contributed by atoms with Crippen LogP contribution >= 0.6 is 0 Å². The van der Waals surface area contributed by atoms with Crippen LogP contribution in [0.2, 0.25) is 0 Å². The smallest absolute Gasteiger partial charge is 0.272 e. The number of aromatic nitrogens is 2. The molecule has 0 unspecified atom stereocenters. The Kier molecular flexibility index (Phi) is 7.35. The Labute approximate surface area is 190 Å². The fourth-order valence-corrected chi connectivity index (χ4v) is 4.66. The Hall–Kier alpha value is -2.96. The Morgan fingerprint density at radius 3 is 2.53 bits per heavy atom. The van der Waals surface area contributed by atoms with E-state index in [1.807, 2.05) is 42.2 Å². The Balaban J connectivity index is 1.41. The molecule has 0 spiro atoms. The van der Waals surface area contributed by atoms with Crippen molar-refractivity contribution in [1.29, 1.82) is 0 Å². The fourth-order valence-electron chi connectivity index (χ4n) is 4.66. The molecule has 2 aromatic rings. The molecule has 2 aliphatic rings. The van der Waals surface area contributed by atoms with E-state index < -0.39 is 0 Å². The highest BCUT2D eigenvalue weighted by Gasteiger charge is 2.29. The van der Waals surface area contributed by atoms with E-state index >= 15 is 0 Å². The second-order valence-corrected chi connectivity index (χ2v) is 8.80. The highest BCUT2D eigenvalue weighted by atomic mass is 16.2. The van der Waals surface area contributed by atoms with E-state index in [0.29, 0.717) is 23.8 Å². The van der Waals surface area contributed by atoms with Crippen molar-refractivity contribution in [1.82, 2.24) is 20.2 Å². The van der Waals surface area contributed by atoms with Crippen LogP contribution in [0.3, 0.4) is 0 Å². The minimum Gasteiger partial charge on any atom is -0.352 e. The summed E-state index contributed by atoms with van der Waals surface area (Å²) >= 11 is 0. The Morgan fingerprint density at radius 1 is 1.00 bits per heavy atom. The Bertz CT molecular complexity index is 927. The average molecular weight is 436 g/mol. The zero-order valence-corrected chi connectivity index (χ0v) is 18.9. The van der Waals surface area contributed by atoms with Crippen LogP contribution in [0.25, 0.3) is 0 Å². The molecule has 2 saturated heterocycles. The first-order valence-electron chi connectivity index (χ1n) is 11.9. The lowest BCUT2D eigenvalue weighted by molar-refractivity contribution is 0.0595. The zero-order chi connectivity index (χ0) is 22.3. The number of carbonyl (C=O) groups excluding carboxylic acids is 2. The molecule has 32 heavy (non-hydrogen) atoms. The number of aryl methyl sites for hydroxylation is 1. The second-order valence-electron chi connectivity index (χ2n) is 8.80. The van der Waals surface area contributed by atoms with E-state index in [1.54, 1.807) is 6.07 Å². The third kappa shape index (κ3) is 5.44. The number of carbonyl (C=O) groups is 2. The molecule has 2 amide bonds. The third-order valence-corrected chi connectivity index (χ3v) is 6.39. The fraction of sp³-hybridized carbons (Fsp3) is 0.520. The topological polar surface area (TPSA) is 78.4 Å². The second kappa shape index (κ2) is 10.6. The molecule has 7 heteroatoms. The van der Waals surface area contributed by atoms with E-state index in [4.69, 9.17) is 0 Å². The summed E-state index contributed by atoms with van der Waals surface area (Å²) in [4.78, 5) is 39.2. The first-order valence-corrected chi connectivity index (χ1v) is 11.9. The quantitative estimate of drug-likeness (QED) is 0.750. The summed E-state index contributed by atoms with van der Waals surface area (Å²) in [6.45, 7) is 5.11. The van der Waals surface area contributed by atoms with Gasteiger partial charge in [0.25, 0.3) is 11.8 Å². The molecule has 1 atom stereocenters. The van der Waals surface area contributed by atoms with Crippen molar-refractivity contribution in [2.75, 3.05) is 31.1 Å². The predicted molar refractivity (Wildman–Crippen MR) is 125 cm³/mol. The molecular weight excluding hydrogens is 402 g/mol. The van der Waals surface area contributed by atoms with E-state index in [0.717, 1.165) is 63.9 Å². The largest absolute Gasteiger partial charge is 0.352 e. The molecule has 170 valence electrons. The number of anilines is 1. The van der Waals surface area contributed by atoms with Gasteiger partial charge in [0.15, 0.2) is 0 Å². The Morgan fingerprint density at radius 2 is 1.75 bits per heavy atom. The van der Waals surface area contributed by atoms with Crippen LogP contribution in [0.15, 0.2) is 36.4 Å². The number of benzene rings is 1. The summed E-state index contributed by atoms with van der Waals surface area (Å²) < 4.78 is 0. The van der Waals surface area contributed by atoms with Gasteiger partial charge in [-0.1, -0.05) is 18.2 Å². The first kappa shape index (κ1) is 22.2. The van der Waals surface area contributed by atoms with Crippen molar-refractivity contribution in [3.8, 4) is 0 Å². The van der Waals surface area contributed by atoms with E-state index in [1.165, 1.54) is 6.42 Å². The van der Waals surface area contributed by atoms with Gasteiger partial charge in [0.05, 0.1) is 0 Å². The monoisotopic (exact) mass is 435 g/mol. The van der Waals surface area contributed by atoms with Gasteiger partial charge in [-0.05, 0) is 70.1 Å². The van der Waals surface area contributed by atoms with Gasteiger partial charge >= 0.3 is 0 Å². The summed E-state index contributed by atoms with van der Waals surface area (Å²) in [7, 11) is 0. The van der Waals surface area contributed by atoms with Crippen LogP contribution in [0.5, 0.6) is 0 Å². The number of hydrogen-bond acceptors (Lipinski definition) is 5. The summed E-state index contributed by atoms with van der Waals surface area (Å²) in [5.41, 5.74) is 1.97. The van der Waals surface area contributed by atoms with Crippen molar-refractivity contribution in [3.63, 3.8) is 0 Å². The van der Waals surface area contributed by atoms with Crippen LogP contribution in [0, 0.1) is 6.92 Å². The van der Waals surface area contributed by atoms with Gasteiger partial charge in [-0.15, -0.1) is 0 Å². The molecule has 3 heterocycles. The van der Waals surface area contributed by atoms with Gasteiger partial charge in [0.1, 0.15) is 5.69 Å². The van der Waals surface area contributed by atoms with Gasteiger partial charge in [0.2, 0.25) is 5.95 Å². The maximum absolute atomic E-state index is 13.4. The summed E-state index contributed by atoms with van der Waals surface area (Å²) in [5, 5.41) is 3.00. The van der Waals surface area contributed by atoms with Crippen LogP contribution in [0.4, 0.5) is 5.95 Å². The van der Waals surface area contributed by atoms with Gasteiger partial charge in [0, 0.05) is 43.5 Å². The first-order chi connectivity index (χ1) is 15.6. The average Bonchev–Trinajstić information content (AvgIpc) is 2.84. The molecule has 1 N–H and O–H groups in total. The predicted octanol–water partition coefficient (Wildman–Crippen LogP) is 3.59. The van der Waals surface area contributed by atoms with Gasteiger partial charge in [-0.25, -0.2) is 9.97 Å². The minimum atomic E-state index is -0.0723. The molecule has 2 aliphatic heterocycles. The molecule has 0 aliphatic carbocycles. The molecule has 0 radical (unpaired) electrons. The van der Waals surface area contributed by atoms with Crippen molar-refractivity contribution in [3.05, 3.63) is 53.3 Å². The lowest BCUT2D eigenvalue weighted by atomic mass is 9.98. The normalized spacial score (nSPS) is 19.0.